The van der Waals surface area contributed by atoms with Gasteiger partial charge in [-0.15, -0.1) is 0 Å². The maximum atomic E-state index is 9.88. The fourth-order valence-electron chi connectivity index (χ4n) is 1.91. The van der Waals surface area contributed by atoms with Gasteiger partial charge in [-0.25, -0.2) is 0 Å². The molecule has 0 saturated heterocycles. The largest absolute Gasteiger partial charge is 0.508 e. The van der Waals surface area contributed by atoms with Crippen molar-refractivity contribution in [3.63, 3.8) is 0 Å². The van der Waals surface area contributed by atoms with Crippen LogP contribution in [0.3, 0.4) is 0 Å². The van der Waals surface area contributed by atoms with Crippen LogP contribution in [0.5, 0.6) is 17.2 Å². The van der Waals surface area contributed by atoms with E-state index in [1.165, 1.54) is 32.4 Å². The molecule has 0 fully saturated rings. The number of phenols is 2. The summed E-state index contributed by atoms with van der Waals surface area (Å²) < 4.78 is 5.00. The lowest BCUT2D eigenvalue weighted by Crippen LogP contribution is -1.91. The molecule has 0 radical (unpaired) electrons. The molecule has 0 spiro atoms. The molecule has 96 valence electrons. The minimum Gasteiger partial charge on any atom is -0.508 e. The SMILES string of the molecule is CCCCCCCc1cc(O)cc(OC)c1O. The Morgan fingerprint density at radius 1 is 1.06 bits per heavy atom. The van der Waals surface area contributed by atoms with Gasteiger partial charge in [-0.3, -0.25) is 0 Å². The number of ether oxygens (including phenoxy) is 1. The van der Waals surface area contributed by atoms with E-state index in [2.05, 4.69) is 6.92 Å². The Bertz CT molecular complexity index is 348. The molecular formula is C14H22O3. The number of unbranched alkanes of at least 4 members (excludes halogenated alkanes) is 4. The zero-order chi connectivity index (χ0) is 12.7. The number of aromatic hydroxyl groups is 2. The third-order valence-electron chi connectivity index (χ3n) is 2.91. The standard InChI is InChI=1S/C14H22O3/c1-3-4-5-6-7-8-11-9-12(15)10-13(17-2)14(11)16/h9-10,15-16H,3-8H2,1-2H3. The Kier molecular flexibility index (Phi) is 5.67. The Hall–Kier alpha value is -1.38. The van der Waals surface area contributed by atoms with E-state index in [9.17, 15) is 10.2 Å². The summed E-state index contributed by atoms with van der Waals surface area (Å²) >= 11 is 0. The Balaban J connectivity index is 2.55. The quantitative estimate of drug-likeness (QED) is 0.563. The second kappa shape index (κ2) is 7.05. The van der Waals surface area contributed by atoms with Crippen LogP contribution in [0, 0.1) is 0 Å². The van der Waals surface area contributed by atoms with Gasteiger partial charge in [-0.05, 0) is 18.9 Å². The van der Waals surface area contributed by atoms with Gasteiger partial charge in [0.25, 0.3) is 0 Å². The molecule has 17 heavy (non-hydrogen) atoms. The van der Waals surface area contributed by atoms with Crippen LogP contribution in [0.15, 0.2) is 12.1 Å². The molecule has 0 bridgehead atoms. The predicted molar refractivity (Wildman–Crippen MR) is 68.8 cm³/mol. The van der Waals surface area contributed by atoms with Crippen molar-refractivity contribution in [3.05, 3.63) is 17.7 Å². The third-order valence-corrected chi connectivity index (χ3v) is 2.91. The number of methoxy groups -OCH3 is 1. The summed E-state index contributed by atoms with van der Waals surface area (Å²) in [5.74, 6) is 0.637. The van der Waals surface area contributed by atoms with E-state index in [4.69, 9.17) is 4.74 Å². The molecule has 1 rings (SSSR count). The van der Waals surface area contributed by atoms with E-state index >= 15 is 0 Å². The molecule has 0 aliphatic rings. The Labute approximate surface area is 103 Å². The van der Waals surface area contributed by atoms with Crippen LogP contribution in [0.1, 0.15) is 44.6 Å². The van der Waals surface area contributed by atoms with E-state index in [0.29, 0.717) is 5.75 Å². The lowest BCUT2D eigenvalue weighted by molar-refractivity contribution is 0.365. The highest BCUT2D eigenvalue weighted by Crippen LogP contribution is 2.34. The summed E-state index contributed by atoms with van der Waals surface area (Å²) in [5.41, 5.74) is 0.762. The van der Waals surface area contributed by atoms with Gasteiger partial charge in [0.2, 0.25) is 0 Å². The van der Waals surface area contributed by atoms with Crippen molar-refractivity contribution in [1.82, 2.24) is 0 Å². The van der Waals surface area contributed by atoms with Gasteiger partial charge in [0.15, 0.2) is 11.5 Å². The highest BCUT2D eigenvalue weighted by atomic mass is 16.5. The van der Waals surface area contributed by atoms with Crippen LogP contribution in [0.2, 0.25) is 0 Å². The van der Waals surface area contributed by atoms with Crippen molar-refractivity contribution in [3.8, 4) is 17.2 Å². The summed E-state index contributed by atoms with van der Waals surface area (Å²) in [6.45, 7) is 2.19. The molecule has 0 atom stereocenters. The van der Waals surface area contributed by atoms with E-state index < -0.39 is 0 Å². The number of hydrogen-bond acceptors (Lipinski definition) is 3. The van der Waals surface area contributed by atoms with E-state index in [1.54, 1.807) is 6.07 Å². The van der Waals surface area contributed by atoms with Gasteiger partial charge in [0.05, 0.1) is 7.11 Å². The van der Waals surface area contributed by atoms with Crippen LogP contribution in [0.4, 0.5) is 0 Å². The molecule has 0 amide bonds. The fourth-order valence-corrected chi connectivity index (χ4v) is 1.91. The lowest BCUT2D eigenvalue weighted by Gasteiger charge is -2.09. The number of aryl methyl sites for hydroxylation is 1. The number of rotatable bonds is 7. The maximum Gasteiger partial charge on any atom is 0.164 e. The zero-order valence-electron chi connectivity index (χ0n) is 10.7. The second-order valence-electron chi connectivity index (χ2n) is 4.32. The first kappa shape index (κ1) is 13.7. The normalized spacial score (nSPS) is 10.5. The van der Waals surface area contributed by atoms with Crippen LogP contribution < -0.4 is 4.74 Å². The molecule has 0 saturated carbocycles. The van der Waals surface area contributed by atoms with Gasteiger partial charge < -0.3 is 14.9 Å². The summed E-state index contributed by atoms with van der Waals surface area (Å²) in [4.78, 5) is 0. The highest BCUT2D eigenvalue weighted by Gasteiger charge is 2.09. The number of hydrogen-bond donors (Lipinski definition) is 2. The van der Waals surface area contributed by atoms with Gasteiger partial charge in [0.1, 0.15) is 5.75 Å². The number of phenolic OH excluding ortho intramolecular Hbond substituents is 2. The highest BCUT2D eigenvalue weighted by molar-refractivity contribution is 5.50. The molecule has 3 nitrogen and oxygen atoms in total. The van der Waals surface area contributed by atoms with E-state index in [0.717, 1.165) is 24.8 Å². The molecule has 0 heterocycles. The van der Waals surface area contributed by atoms with Gasteiger partial charge >= 0.3 is 0 Å². The monoisotopic (exact) mass is 238 g/mol. The summed E-state index contributed by atoms with van der Waals surface area (Å²) in [6, 6.07) is 3.04. The second-order valence-corrected chi connectivity index (χ2v) is 4.32. The molecule has 0 aliphatic carbocycles. The fraction of sp³-hybridized carbons (Fsp3) is 0.571. The molecule has 0 aromatic heterocycles. The third kappa shape index (κ3) is 4.17. The molecule has 2 N–H and O–H groups in total. The average molecular weight is 238 g/mol. The van der Waals surface area contributed by atoms with Crippen molar-refractivity contribution in [2.75, 3.05) is 7.11 Å². The minimum absolute atomic E-state index is 0.142. The number of benzene rings is 1. The smallest absolute Gasteiger partial charge is 0.164 e. The van der Waals surface area contributed by atoms with E-state index in [1.807, 2.05) is 0 Å². The van der Waals surface area contributed by atoms with Crippen molar-refractivity contribution >= 4 is 0 Å². The van der Waals surface area contributed by atoms with Gasteiger partial charge in [-0.2, -0.15) is 0 Å². The average Bonchev–Trinajstić information content (AvgIpc) is 2.32. The molecule has 1 aromatic rings. The van der Waals surface area contributed by atoms with Crippen LogP contribution in [0.25, 0.3) is 0 Å². The van der Waals surface area contributed by atoms with Crippen molar-refractivity contribution < 1.29 is 14.9 Å². The van der Waals surface area contributed by atoms with Gasteiger partial charge in [0, 0.05) is 11.6 Å². The first-order valence-electron chi connectivity index (χ1n) is 6.27. The maximum absolute atomic E-state index is 9.88. The molecule has 3 heteroatoms. The van der Waals surface area contributed by atoms with E-state index in [-0.39, 0.29) is 11.5 Å². The summed E-state index contributed by atoms with van der Waals surface area (Å²) in [6.07, 6.45) is 6.68. The molecule has 1 aromatic carbocycles. The van der Waals surface area contributed by atoms with Crippen molar-refractivity contribution in [2.45, 2.75) is 45.4 Å². The van der Waals surface area contributed by atoms with Gasteiger partial charge in [-0.1, -0.05) is 32.6 Å². The first-order chi connectivity index (χ1) is 8.19. The molecule has 0 aliphatic heterocycles. The van der Waals surface area contributed by atoms with Crippen molar-refractivity contribution in [2.24, 2.45) is 0 Å². The Morgan fingerprint density at radius 3 is 2.41 bits per heavy atom. The summed E-state index contributed by atoms with van der Waals surface area (Å²) in [5, 5.41) is 19.4. The predicted octanol–water partition coefficient (Wildman–Crippen LogP) is 3.62. The molecular weight excluding hydrogens is 216 g/mol. The molecule has 0 unspecified atom stereocenters. The van der Waals surface area contributed by atoms with Crippen LogP contribution in [-0.4, -0.2) is 17.3 Å². The lowest BCUT2D eigenvalue weighted by atomic mass is 10.0. The Morgan fingerprint density at radius 2 is 1.76 bits per heavy atom. The topological polar surface area (TPSA) is 49.7 Å². The van der Waals surface area contributed by atoms with Crippen molar-refractivity contribution in [1.29, 1.82) is 0 Å². The zero-order valence-corrected chi connectivity index (χ0v) is 10.7. The van der Waals surface area contributed by atoms with Crippen LogP contribution in [-0.2, 0) is 6.42 Å². The first-order valence-corrected chi connectivity index (χ1v) is 6.27. The summed E-state index contributed by atoms with van der Waals surface area (Å²) in [7, 11) is 1.49. The van der Waals surface area contributed by atoms with Crippen LogP contribution >= 0.6 is 0 Å². The minimum atomic E-state index is 0.142.